The fourth-order valence-electron chi connectivity index (χ4n) is 1.91. The largest absolute Gasteiger partial charge is 0.441 e. The average Bonchev–Trinajstić information content (AvgIpc) is 2.46. The molecule has 3 nitrogen and oxygen atoms in total. The maximum atomic E-state index is 11.0. The van der Waals surface area contributed by atoms with Gasteiger partial charge in [0.25, 0.3) is 0 Å². The Kier molecular flexibility index (Phi) is 3.78. The first-order valence-electron chi connectivity index (χ1n) is 5.55. The van der Waals surface area contributed by atoms with Gasteiger partial charge >= 0.3 is 6.09 Å². The van der Waals surface area contributed by atoms with Crippen molar-refractivity contribution >= 4 is 6.09 Å². The number of alkyl carbamates (subject to hydrolysis) is 1. The maximum Gasteiger partial charge on any atom is 0.407 e. The summed E-state index contributed by atoms with van der Waals surface area (Å²) >= 11 is 0. The number of amides is 1. The highest BCUT2D eigenvalue weighted by molar-refractivity contribution is 5.70. The summed E-state index contributed by atoms with van der Waals surface area (Å²) in [6, 6.07) is 0. The van der Waals surface area contributed by atoms with E-state index in [0.717, 1.165) is 25.7 Å². The van der Waals surface area contributed by atoms with Gasteiger partial charge in [-0.3, -0.25) is 0 Å². The van der Waals surface area contributed by atoms with Gasteiger partial charge in [-0.15, -0.1) is 0 Å². The average molecular weight is 199 g/mol. The van der Waals surface area contributed by atoms with Crippen LogP contribution in [0.1, 0.15) is 46.5 Å². The van der Waals surface area contributed by atoms with E-state index in [0.29, 0.717) is 12.5 Å². The van der Waals surface area contributed by atoms with Crippen molar-refractivity contribution in [3.05, 3.63) is 0 Å². The van der Waals surface area contributed by atoms with Gasteiger partial charge in [0.1, 0.15) is 5.60 Å². The van der Waals surface area contributed by atoms with Gasteiger partial charge in [-0.2, -0.15) is 0 Å². The molecule has 14 heavy (non-hydrogen) atoms. The third-order valence-corrected chi connectivity index (χ3v) is 2.75. The number of hydrogen-bond donors (Lipinski definition) is 1. The van der Waals surface area contributed by atoms with Crippen molar-refractivity contribution in [2.45, 2.75) is 52.1 Å². The topological polar surface area (TPSA) is 38.3 Å². The minimum Gasteiger partial charge on any atom is -0.441 e. The number of ether oxygens (including phenoxy) is 1. The van der Waals surface area contributed by atoms with Gasteiger partial charge in [0.2, 0.25) is 0 Å². The molecule has 1 fully saturated rings. The van der Waals surface area contributed by atoms with E-state index in [1.807, 2.05) is 0 Å². The zero-order valence-corrected chi connectivity index (χ0v) is 9.43. The normalized spacial score (nSPS) is 26.4. The Morgan fingerprint density at radius 1 is 1.50 bits per heavy atom. The van der Waals surface area contributed by atoms with E-state index >= 15 is 0 Å². The van der Waals surface area contributed by atoms with Crippen LogP contribution in [0.2, 0.25) is 0 Å². The van der Waals surface area contributed by atoms with Crippen molar-refractivity contribution in [2.24, 2.45) is 5.92 Å². The SMILES string of the molecule is CCCC1(CCC(C)C)CNC(=O)O1. The van der Waals surface area contributed by atoms with Crippen molar-refractivity contribution < 1.29 is 9.53 Å². The third-order valence-electron chi connectivity index (χ3n) is 2.75. The van der Waals surface area contributed by atoms with Crippen LogP contribution in [0.15, 0.2) is 0 Å². The summed E-state index contributed by atoms with van der Waals surface area (Å²) in [6.45, 7) is 7.21. The number of nitrogens with one attached hydrogen (secondary N) is 1. The van der Waals surface area contributed by atoms with Crippen molar-refractivity contribution in [2.75, 3.05) is 6.54 Å². The maximum absolute atomic E-state index is 11.0. The quantitative estimate of drug-likeness (QED) is 0.739. The molecule has 0 aliphatic carbocycles. The number of hydrogen-bond acceptors (Lipinski definition) is 2. The standard InChI is InChI=1S/C11H21NO2/c1-4-6-11(7-5-9(2)3)8-12-10(13)14-11/h9H,4-8H2,1-3H3,(H,12,13). The first-order chi connectivity index (χ1) is 6.58. The van der Waals surface area contributed by atoms with Crippen molar-refractivity contribution in [1.29, 1.82) is 0 Å². The lowest BCUT2D eigenvalue weighted by Crippen LogP contribution is -2.33. The molecule has 3 heteroatoms. The summed E-state index contributed by atoms with van der Waals surface area (Å²) in [7, 11) is 0. The van der Waals surface area contributed by atoms with E-state index in [2.05, 4.69) is 26.1 Å². The van der Waals surface area contributed by atoms with Gasteiger partial charge in [-0.05, 0) is 25.2 Å². The number of carbonyl (C=O) groups is 1. The summed E-state index contributed by atoms with van der Waals surface area (Å²) in [4.78, 5) is 11.0. The molecule has 0 aromatic heterocycles. The summed E-state index contributed by atoms with van der Waals surface area (Å²) in [5, 5.41) is 2.76. The number of rotatable bonds is 5. The molecule has 1 aliphatic heterocycles. The van der Waals surface area contributed by atoms with E-state index in [9.17, 15) is 4.79 Å². The van der Waals surface area contributed by atoms with Crippen LogP contribution in [0.5, 0.6) is 0 Å². The molecule has 0 aromatic rings. The summed E-state index contributed by atoms with van der Waals surface area (Å²) in [5.41, 5.74) is -0.212. The molecule has 0 spiro atoms. The van der Waals surface area contributed by atoms with Crippen molar-refractivity contribution in [1.82, 2.24) is 5.32 Å². The van der Waals surface area contributed by atoms with Crippen LogP contribution in [0, 0.1) is 5.92 Å². The Hall–Kier alpha value is -0.730. The molecule has 1 rings (SSSR count). The smallest absolute Gasteiger partial charge is 0.407 e. The third kappa shape index (κ3) is 2.89. The van der Waals surface area contributed by atoms with Crippen LogP contribution in [0.4, 0.5) is 4.79 Å². The predicted octanol–water partition coefficient (Wildman–Crippen LogP) is 2.70. The highest BCUT2D eigenvalue weighted by Crippen LogP contribution is 2.29. The Balaban J connectivity index is 2.49. The molecular weight excluding hydrogens is 178 g/mol. The molecule has 1 N–H and O–H groups in total. The van der Waals surface area contributed by atoms with E-state index in [1.165, 1.54) is 0 Å². The highest BCUT2D eigenvalue weighted by atomic mass is 16.6. The molecule has 1 saturated heterocycles. The Bertz CT molecular complexity index is 203. The molecule has 82 valence electrons. The van der Waals surface area contributed by atoms with Crippen LogP contribution < -0.4 is 5.32 Å². The molecule has 1 atom stereocenters. The fourth-order valence-corrected chi connectivity index (χ4v) is 1.91. The molecule has 1 amide bonds. The van der Waals surface area contributed by atoms with Gasteiger partial charge in [0.05, 0.1) is 6.54 Å². The monoisotopic (exact) mass is 199 g/mol. The zero-order chi connectivity index (χ0) is 10.6. The first kappa shape index (κ1) is 11.3. The molecule has 0 radical (unpaired) electrons. The van der Waals surface area contributed by atoms with E-state index < -0.39 is 0 Å². The minimum atomic E-state index is -0.248. The van der Waals surface area contributed by atoms with Gasteiger partial charge in [-0.25, -0.2) is 4.79 Å². The molecule has 0 saturated carbocycles. The van der Waals surface area contributed by atoms with E-state index in [1.54, 1.807) is 0 Å². The molecule has 0 aromatic carbocycles. The minimum absolute atomic E-state index is 0.212. The highest BCUT2D eigenvalue weighted by Gasteiger charge is 2.38. The fraction of sp³-hybridized carbons (Fsp3) is 0.909. The van der Waals surface area contributed by atoms with Gasteiger partial charge in [0, 0.05) is 0 Å². The van der Waals surface area contributed by atoms with Gasteiger partial charge < -0.3 is 10.1 Å². The van der Waals surface area contributed by atoms with Crippen LogP contribution in [0.25, 0.3) is 0 Å². The van der Waals surface area contributed by atoms with Crippen LogP contribution in [-0.4, -0.2) is 18.2 Å². The Morgan fingerprint density at radius 3 is 2.64 bits per heavy atom. The Labute approximate surface area is 86.2 Å². The van der Waals surface area contributed by atoms with Crippen LogP contribution in [0.3, 0.4) is 0 Å². The van der Waals surface area contributed by atoms with Crippen LogP contribution >= 0.6 is 0 Å². The van der Waals surface area contributed by atoms with Gasteiger partial charge in [0.15, 0.2) is 0 Å². The lowest BCUT2D eigenvalue weighted by Gasteiger charge is -2.26. The van der Waals surface area contributed by atoms with Gasteiger partial charge in [-0.1, -0.05) is 27.2 Å². The van der Waals surface area contributed by atoms with Crippen molar-refractivity contribution in [3.8, 4) is 0 Å². The van der Waals surface area contributed by atoms with Crippen LogP contribution in [-0.2, 0) is 4.74 Å². The molecular formula is C11H21NO2. The lowest BCUT2D eigenvalue weighted by atomic mass is 9.90. The predicted molar refractivity (Wildman–Crippen MR) is 56.2 cm³/mol. The summed E-state index contributed by atoms with van der Waals surface area (Å²) in [5.74, 6) is 0.669. The molecule has 1 aliphatic rings. The Morgan fingerprint density at radius 2 is 2.21 bits per heavy atom. The molecule has 0 bridgehead atoms. The number of carbonyl (C=O) groups excluding carboxylic acids is 1. The second-order valence-electron chi connectivity index (χ2n) is 4.61. The molecule has 1 heterocycles. The molecule has 1 unspecified atom stereocenters. The summed E-state index contributed by atoms with van der Waals surface area (Å²) in [6.07, 6.45) is 3.89. The summed E-state index contributed by atoms with van der Waals surface area (Å²) < 4.78 is 5.39. The lowest BCUT2D eigenvalue weighted by molar-refractivity contribution is 0.0374. The van der Waals surface area contributed by atoms with Crippen molar-refractivity contribution in [3.63, 3.8) is 0 Å². The van der Waals surface area contributed by atoms with E-state index in [4.69, 9.17) is 4.74 Å². The second-order valence-corrected chi connectivity index (χ2v) is 4.61. The first-order valence-corrected chi connectivity index (χ1v) is 5.55. The second kappa shape index (κ2) is 4.67. The zero-order valence-electron chi connectivity index (χ0n) is 9.43. The van der Waals surface area contributed by atoms with E-state index in [-0.39, 0.29) is 11.7 Å². The number of cyclic esters (lactones) is 1.